The Labute approximate surface area is 166 Å². The quantitative estimate of drug-likeness (QED) is 0.783. The summed E-state index contributed by atoms with van der Waals surface area (Å²) in [5.74, 6) is 0.560. The second-order valence-corrected chi connectivity index (χ2v) is 8.56. The Morgan fingerprint density at radius 2 is 1.81 bits per heavy atom. The largest absolute Gasteiger partial charge is 0.454 e. The van der Waals surface area contributed by atoms with E-state index < -0.39 is 22.0 Å². The Bertz CT molecular complexity index is 997. The number of nitrogens with zero attached hydrogens (tertiary/aromatic N) is 1. The average Bonchev–Trinajstić information content (AvgIpc) is 3.04. The Kier molecular flexibility index (Phi) is 5.41. The molecule has 3 rings (SSSR count). The van der Waals surface area contributed by atoms with E-state index in [9.17, 15) is 13.2 Å². The number of carbonyl (C=O) groups is 1. The van der Waals surface area contributed by atoms with Crippen molar-refractivity contribution in [1.29, 1.82) is 0 Å². The smallest absolute Gasteiger partial charge is 0.247 e. The zero-order valence-corrected chi connectivity index (χ0v) is 16.7. The van der Waals surface area contributed by atoms with Crippen molar-refractivity contribution in [2.45, 2.75) is 13.0 Å². The molecule has 1 amide bonds. The number of nitrogens with one attached hydrogen (secondary N) is 1. The summed E-state index contributed by atoms with van der Waals surface area (Å²) in [7, 11) is -3.77. The summed E-state index contributed by atoms with van der Waals surface area (Å²) < 4.78 is 36.1. The zero-order chi connectivity index (χ0) is 19.8. The first-order chi connectivity index (χ1) is 12.7. The first-order valence-electron chi connectivity index (χ1n) is 7.82. The van der Waals surface area contributed by atoms with Crippen LogP contribution in [0.2, 0.25) is 10.0 Å². The van der Waals surface area contributed by atoms with E-state index in [0.717, 1.165) is 10.6 Å². The van der Waals surface area contributed by atoms with E-state index in [-0.39, 0.29) is 22.5 Å². The van der Waals surface area contributed by atoms with Gasteiger partial charge in [0.15, 0.2) is 11.5 Å². The monoisotopic (exact) mass is 430 g/mol. The van der Waals surface area contributed by atoms with Gasteiger partial charge >= 0.3 is 0 Å². The van der Waals surface area contributed by atoms with Crippen molar-refractivity contribution < 1.29 is 22.7 Å². The van der Waals surface area contributed by atoms with Gasteiger partial charge in [-0.3, -0.25) is 9.10 Å². The van der Waals surface area contributed by atoms with E-state index in [4.69, 9.17) is 32.7 Å². The van der Waals surface area contributed by atoms with Crippen molar-refractivity contribution in [3.63, 3.8) is 0 Å². The number of halogens is 2. The third-order valence-corrected chi connectivity index (χ3v) is 5.87. The van der Waals surface area contributed by atoms with Gasteiger partial charge in [-0.05, 0) is 37.3 Å². The minimum absolute atomic E-state index is 0.113. The van der Waals surface area contributed by atoms with E-state index in [2.05, 4.69) is 5.32 Å². The Morgan fingerprint density at radius 3 is 2.48 bits per heavy atom. The van der Waals surface area contributed by atoms with E-state index in [0.29, 0.717) is 17.2 Å². The van der Waals surface area contributed by atoms with Crippen molar-refractivity contribution >= 4 is 50.5 Å². The predicted molar refractivity (Wildman–Crippen MR) is 104 cm³/mol. The maximum Gasteiger partial charge on any atom is 0.247 e. The van der Waals surface area contributed by atoms with Crippen molar-refractivity contribution in [2.75, 3.05) is 22.7 Å². The van der Waals surface area contributed by atoms with Gasteiger partial charge in [0, 0.05) is 11.8 Å². The molecule has 7 nitrogen and oxygen atoms in total. The van der Waals surface area contributed by atoms with Crippen LogP contribution in [0.5, 0.6) is 11.5 Å². The fraction of sp³-hybridized carbons (Fsp3) is 0.235. The summed E-state index contributed by atoms with van der Waals surface area (Å²) in [6.07, 6.45) is 1.01. The van der Waals surface area contributed by atoms with Crippen LogP contribution in [0.3, 0.4) is 0 Å². The van der Waals surface area contributed by atoms with Crippen LogP contribution in [-0.2, 0) is 14.8 Å². The Balaban J connectivity index is 1.86. The molecule has 0 saturated carbocycles. The third kappa shape index (κ3) is 4.23. The molecule has 0 bridgehead atoms. The number of benzene rings is 2. The third-order valence-electron chi connectivity index (χ3n) is 3.89. The van der Waals surface area contributed by atoms with Gasteiger partial charge in [0.05, 0.1) is 22.0 Å². The molecule has 27 heavy (non-hydrogen) atoms. The fourth-order valence-electron chi connectivity index (χ4n) is 2.65. The highest BCUT2D eigenvalue weighted by atomic mass is 35.5. The number of fused-ring (bicyclic) bond motifs is 1. The average molecular weight is 431 g/mol. The van der Waals surface area contributed by atoms with Gasteiger partial charge in [-0.15, -0.1) is 0 Å². The maximum absolute atomic E-state index is 12.7. The molecule has 1 aliphatic rings. The van der Waals surface area contributed by atoms with Gasteiger partial charge in [0.2, 0.25) is 22.7 Å². The Hall–Kier alpha value is -2.16. The van der Waals surface area contributed by atoms with E-state index in [1.807, 2.05) is 0 Å². The van der Waals surface area contributed by atoms with Gasteiger partial charge in [0.1, 0.15) is 6.04 Å². The van der Waals surface area contributed by atoms with Gasteiger partial charge in [-0.2, -0.15) is 0 Å². The van der Waals surface area contributed by atoms with Crippen molar-refractivity contribution in [1.82, 2.24) is 0 Å². The van der Waals surface area contributed by atoms with Crippen molar-refractivity contribution in [3.8, 4) is 11.5 Å². The number of ether oxygens (including phenoxy) is 2. The predicted octanol–water partition coefficient (Wildman–Crippen LogP) is 3.52. The van der Waals surface area contributed by atoms with E-state index in [1.165, 1.54) is 25.1 Å². The lowest BCUT2D eigenvalue weighted by Crippen LogP contribution is -2.45. The van der Waals surface area contributed by atoms with Gasteiger partial charge in [-0.25, -0.2) is 8.42 Å². The molecule has 0 spiro atoms. The molecule has 2 aromatic rings. The van der Waals surface area contributed by atoms with Crippen LogP contribution >= 0.6 is 23.2 Å². The van der Waals surface area contributed by atoms with Crippen LogP contribution in [0.4, 0.5) is 11.4 Å². The summed E-state index contributed by atoms with van der Waals surface area (Å²) in [6.45, 7) is 1.59. The highest BCUT2D eigenvalue weighted by Gasteiger charge is 2.30. The molecular weight excluding hydrogens is 415 g/mol. The molecule has 1 unspecified atom stereocenters. The minimum Gasteiger partial charge on any atom is -0.454 e. The molecule has 144 valence electrons. The lowest BCUT2D eigenvalue weighted by Gasteiger charge is -2.28. The molecule has 0 saturated heterocycles. The van der Waals surface area contributed by atoms with E-state index >= 15 is 0 Å². The van der Waals surface area contributed by atoms with Gasteiger partial charge < -0.3 is 14.8 Å². The summed E-state index contributed by atoms with van der Waals surface area (Å²) in [4.78, 5) is 12.7. The molecule has 0 aliphatic carbocycles. The number of sulfonamides is 1. The molecule has 1 aliphatic heterocycles. The molecule has 1 atom stereocenters. The first kappa shape index (κ1) is 19.6. The topological polar surface area (TPSA) is 84.9 Å². The summed E-state index contributed by atoms with van der Waals surface area (Å²) in [5.41, 5.74) is 0.693. The molecule has 2 aromatic carbocycles. The molecular formula is C17H16Cl2N2O5S. The lowest BCUT2D eigenvalue weighted by atomic mass is 10.2. The first-order valence-corrected chi connectivity index (χ1v) is 10.4. The number of hydrogen-bond donors (Lipinski definition) is 1. The molecule has 10 heteroatoms. The number of rotatable bonds is 5. The fourth-order valence-corrected chi connectivity index (χ4v) is 4.11. The molecule has 0 aromatic heterocycles. The SMILES string of the molecule is CC(C(=O)Nc1ccc2c(c1)OCO2)N(c1ccc(Cl)c(Cl)c1)S(C)(=O)=O. The van der Waals surface area contributed by atoms with Gasteiger partial charge in [0.25, 0.3) is 0 Å². The highest BCUT2D eigenvalue weighted by molar-refractivity contribution is 7.92. The molecule has 1 heterocycles. The van der Waals surface area contributed by atoms with Crippen molar-refractivity contribution in [3.05, 3.63) is 46.4 Å². The van der Waals surface area contributed by atoms with Crippen LogP contribution < -0.4 is 19.1 Å². The normalized spacial score (nSPS) is 13.9. The minimum atomic E-state index is -3.77. The van der Waals surface area contributed by atoms with Crippen LogP contribution in [0.25, 0.3) is 0 Å². The number of anilines is 2. The second kappa shape index (κ2) is 7.46. The Morgan fingerprint density at radius 1 is 1.11 bits per heavy atom. The molecule has 0 radical (unpaired) electrons. The summed E-state index contributed by atoms with van der Waals surface area (Å²) in [6, 6.07) is 8.23. The lowest BCUT2D eigenvalue weighted by molar-refractivity contribution is -0.116. The number of amides is 1. The van der Waals surface area contributed by atoms with Crippen molar-refractivity contribution in [2.24, 2.45) is 0 Å². The number of hydrogen-bond acceptors (Lipinski definition) is 5. The van der Waals surface area contributed by atoms with Gasteiger partial charge in [-0.1, -0.05) is 23.2 Å². The van der Waals surface area contributed by atoms with Crippen LogP contribution in [0.15, 0.2) is 36.4 Å². The second-order valence-electron chi connectivity index (χ2n) is 5.89. The summed E-state index contributed by atoms with van der Waals surface area (Å²) >= 11 is 11.9. The maximum atomic E-state index is 12.7. The van der Waals surface area contributed by atoms with E-state index in [1.54, 1.807) is 18.2 Å². The van der Waals surface area contributed by atoms with Crippen LogP contribution in [0, 0.1) is 0 Å². The number of carbonyl (C=O) groups excluding carboxylic acids is 1. The molecule has 0 fully saturated rings. The molecule has 1 N–H and O–H groups in total. The van der Waals surface area contributed by atoms with Crippen LogP contribution in [-0.4, -0.2) is 33.4 Å². The standard InChI is InChI=1S/C17H16Cl2N2O5S/c1-10(17(22)20-11-3-6-15-16(7-11)26-9-25-15)21(27(2,23)24)12-4-5-13(18)14(19)8-12/h3-8,10H,9H2,1-2H3,(H,20,22). The zero-order valence-electron chi connectivity index (χ0n) is 14.4. The summed E-state index contributed by atoms with van der Waals surface area (Å²) in [5, 5.41) is 3.15. The van der Waals surface area contributed by atoms with Crippen LogP contribution in [0.1, 0.15) is 6.92 Å². The highest BCUT2D eigenvalue weighted by Crippen LogP contribution is 2.34.